The van der Waals surface area contributed by atoms with Gasteiger partial charge in [-0.3, -0.25) is 0 Å². The minimum atomic E-state index is 0.908. The van der Waals surface area contributed by atoms with Gasteiger partial charge in [0, 0.05) is 0 Å². The third-order valence-corrected chi connectivity index (χ3v) is 7.38. The Kier molecular flexibility index (Phi) is 13.3. The van der Waals surface area contributed by atoms with Gasteiger partial charge in [0.1, 0.15) is 0 Å². The standard InChI is InChI=1S/C27H50/c1-2-3-4-5-6-11-15-18-21-27-24-25-19-16-13-10-8-7-9-12-14-17-20-26(27)23-22-25/h22-23,25-27H,2-21,24H2,1H3. The Hall–Kier alpha value is -0.260. The van der Waals surface area contributed by atoms with Crippen LogP contribution in [0.5, 0.6) is 0 Å². The summed E-state index contributed by atoms with van der Waals surface area (Å²) in [6.07, 6.45) is 36.4. The van der Waals surface area contributed by atoms with Gasteiger partial charge in [0.05, 0.1) is 0 Å². The van der Waals surface area contributed by atoms with Crippen molar-refractivity contribution in [3.63, 3.8) is 0 Å². The Labute approximate surface area is 172 Å². The minimum absolute atomic E-state index is 0.908. The van der Waals surface area contributed by atoms with Crippen molar-refractivity contribution in [1.29, 1.82) is 0 Å². The van der Waals surface area contributed by atoms with Crippen LogP contribution in [0.1, 0.15) is 142 Å². The summed E-state index contributed by atoms with van der Waals surface area (Å²) in [7, 11) is 0. The summed E-state index contributed by atoms with van der Waals surface area (Å²) in [5, 5.41) is 0. The van der Waals surface area contributed by atoms with E-state index in [1.54, 1.807) is 0 Å². The highest BCUT2D eigenvalue weighted by atomic mass is 14.3. The predicted molar refractivity (Wildman–Crippen MR) is 122 cm³/mol. The van der Waals surface area contributed by atoms with Gasteiger partial charge in [0.25, 0.3) is 0 Å². The first-order valence-corrected chi connectivity index (χ1v) is 13.1. The van der Waals surface area contributed by atoms with Crippen molar-refractivity contribution in [3.8, 4) is 0 Å². The smallest absolute Gasteiger partial charge is 0.0205 e. The lowest BCUT2D eigenvalue weighted by atomic mass is 9.73. The average Bonchev–Trinajstić information content (AvgIpc) is 2.70. The molecule has 0 spiro atoms. The fraction of sp³-hybridized carbons (Fsp3) is 0.926. The fourth-order valence-electron chi connectivity index (χ4n) is 5.54. The predicted octanol–water partition coefficient (Wildman–Crippen LogP) is 9.63. The quantitative estimate of drug-likeness (QED) is 0.278. The SMILES string of the molecule is CCCCCCCCCCC1CC2C=CC1CCCCCCCCCCC2. The lowest BCUT2D eigenvalue weighted by Gasteiger charge is -2.32. The van der Waals surface area contributed by atoms with Crippen molar-refractivity contribution in [2.24, 2.45) is 17.8 Å². The van der Waals surface area contributed by atoms with Crippen molar-refractivity contribution in [1.82, 2.24) is 0 Å². The zero-order chi connectivity index (χ0) is 19.0. The third-order valence-electron chi connectivity index (χ3n) is 7.38. The molecule has 1 saturated carbocycles. The van der Waals surface area contributed by atoms with Gasteiger partial charge in [-0.2, -0.15) is 0 Å². The summed E-state index contributed by atoms with van der Waals surface area (Å²) in [5.74, 6) is 2.83. The summed E-state index contributed by atoms with van der Waals surface area (Å²) in [6.45, 7) is 2.32. The van der Waals surface area contributed by atoms with E-state index in [-0.39, 0.29) is 0 Å². The Morgan fingerprint density at radius 1 is 0.593 bits per heavy atom. The summed E-state index contributed by atoms with van der Waals surface area (Å²) in [5.41, 5.74) is 0. The molecule has 0 aromatic heterocycles. The van der Waals surface area contributed by atoms with Crippen LogP contribution in [0.3, 0.4) is 0 Å². The van der Waals surface area contributed by atoms with Gasteiger partial charge in [-0.05, 0) is 43.4 Å². The molecule has 0 aromatic rings. The molecule has 27 heavy (non-hydrogen) atoms. The molecule has 0 aliphatic heterocycles. The molecule has 3 atom stereocenters. The van der Waals surface area contributed by atoms with Gasteiger partial charge < -0.3 is 0 Å². The molecule has 0 heteroatoms. The maximum absolute atomic E-state index is 2.67. The lowest BCUT2D eigenvalue weighted by molar-refractivity contribution is 0.258. The first-order chi connectivity index (χ1) is 13.4. The van der Waals surface area contributed by atoms with Crippen LogP contribution >= 0.6 is 0 Å². The van der Waals surface area contributed by atoms with Crippen LogP contribution in [-0.4, -0.2) is 0 Å². The molecular weight excluding hydrogens is 324 g/mol. The second kappa shape index (κ2) is 15.6. The van der Waals surface area contributed by atoms with Crippen molar-refractivity contribution in [2.75, 3.05) is 0 Å². The van der Waals surface area contributed by atoms with Gasteiger partial charge in [-0.25, -0.2) is 0 Å². The molecule has 0 radical (unpaired) electrons. The number of unbranched alkanes of at least 4 members (excludes halogenated alkanes) is 7. The Morgan fingerprint density at radius 3 is 1.81 bits per heavy atom. The Balaban J connectivity index is 1.70. The average molecular weight is 375 g/mol. The second-order valence-electron chi connectivity index (χ2n) is 9.83. The molecule has 0 saturated heterocycles. The molecule has 0 N–H and O–H groups in total. The van der Waals surface area contributed by atoms with E-state index in [2.05, 4.69) is 19.1 Å². The third kappa shape index (κ3) is 10.7. The van der Waals surface area contributed by atoms with Gasteiger partial charge in [-0.15, -0.1) is 0 Å². The molecule has 0 nitrogen and oxygen atoms in total. The zero-order valence-electron chi connectivity index (χ0n) is 18.7. The van der Waals surface area contributed by atoms with E-state index in [1.165, 1.54) is 135 Å². The van der Waals surface area contributed by atoms with E-state index in [0.717, 1.165) is 17.8 Å². The second-order valence-corrected chi connectivity index (χ2v) is 9.83. The van der Waals surface area contributed by atoms with Crippen molar-refractivity contribution < 1.29 is 0 Å². The van der Waals surface area contributed by atoms with E-state index < -0.39 is 0 Å². The summed E-state index contributed by atoms with van der Waals surface area (Å²) in [6, 6.07) is 0. The van der Waals surface area contributed by atoms with Gasteiger partial charge >= 0.3 is 0 Å². The van der Waals surface area contributed by atoms with Gasteiger partial charge in [0.15, 0.2) is 0 Å². The van der Waals surface area contributed by atoms with Crippen molar-refractivity contribution in [2.45, 2.75) is 142 Å². The monoisotopic (exact) mass is 374 g/mol. The first-order valence-electron chi connectivity index (χ1n) is 13.1. The molecule has 0 amide bonds. The topological polar surface area (TPSA) is 0 Å². The number of hydrogen-bond donors (Lipinski definition) is 0. The molecule has 0 heterocycles. The fourth-order valence-corrected chi connectivity index (χ4v) is 5.54. The molecule has 2 bridgehead atoms. The molecule has 3 aliphatic carbocycles. The number of allylic oxidation sites excluding steroid dienone is 2. The summed E-state index contributed by atoms with van der Waals surface area (Å²) < 4.78 is 0. The van der Waals surface area contributed by atoms with Crippen molar-refractivity contribution >= 4 is 0 Å². The zero-order valence-corrected chi connectivity index (χ0v) is 18.7. The number of rotatable bonds is 9. The number of hydrogen-bond acceptors (Lipinski definition) is 0. The van der Waals surface area contributed by atoms with Gasteiger partial charge in [-0.1, -0.05) is 128 Å². The molecule has 1 fully saturated rings. The van der Waals surface area contributed by atoms with E-state index in [9.17, 15) is 0 Å². The normalized spacial score (nSPS) is 28.0. The maximum atomic E-state index is 2.67. The molecule has 3 rings (SSSR count). The van der Waals surface area contributed by atoms with E-state index >= 15 is 0 Å². The van der Waals surface area contributed by atoms with Crippen LogP contribution in [-0.2, 0) is 0 Å². The molecule has 158 valence electrons. The molecule has 3 unspecified atom stereocenters. The maximum Gasteiger partial charge on any atom is -0.0205 e. The Bertz CT molecular complexity index is 355. The minimum Gasteiger partial charge on any atom is -0.0851 e. The highest BCUT2D eigenvalue weighted by Crippen LogP contribution is 2.37. The largest absolute Gasteiger partial charge is 0.0851 e. The van der Waals surface area contributed by atoms with E-state index in [1.807, 2.05) is 0 Å². The molecule has 3 aliphatic rings. The highest BCUT2D eigenvalue weighted by Gasteiger charge is 2.25. The summed E-state index contributed by atoms with van der Waals surface area (Å²) >= 11 is 0. The van der Waals surface area contributed by atoms with Crippen LogP contribution in [0.15, 0.2) is 12.2 Å². The van der Waals surface area contributed by atoms with Crippen molar-refractivity contribution in [3.05, 3.63) is 12.2 Å². The molecular formula is C27H50. The number of fused-ring (bicyclic) bond motifs is 11. The van der Waals surface area contributed by atoms with Crippen LogP contribution in [0, 0.1) is 17.8 Å². The van der Waals surface area contributed by atoms with Crippen LogP contribution < -0.4 is 0 Å². The first kappa shape index (κ1) is 23.0. The van der Waals surface area contributed by atoms with Gasteiger partial charge in [0.2, 0.25) is 0 Å². The highest BCUT2D eigenvalue weighted by molar-refractivity contribution is 5.01. The Morgan fingerprint density at radius 2 is 1.15 bits per heavy atom. The summed E-state index contributed by atoms with van der Waals surface area (Å²) in [4.78, 5) is 0. The van der Waals surface area contributed by atoms with Crippen LogP contribution in [0.2, 0.25) is 0 Å². The van der Waals surface area contributed by atoms with Crippen LogP contribution in [0.25, 0.3) is 0 Å². The van der Waals surface area contributed by atoms with E-state index in [4.69, 9.17) is 0 Å². The van der Waals surface area contributed by atoms with E-state index in [0.29, 0.717) is 0 Å². The lowest BCUT2D eigenvalue weighted by Crippen LogP contribution is -2.21. The van der Waals surface area contributed by atoms with Crippen LogP contribution in [0.4, 0.5) is 0 Å². The molecule has 0 aromatic carbocycles.